The van der Waals surface area contributed by atoms with Crippen LogP contribution in [0.2, 0.25) is 0 Å². The zero-order valence-corrected chi connectivity index (χ0v) is 17.2. The Morgan fingerprint density at radius 2 is 2.10 bits per heavy atom. The number of anilines is 1. The van der Waals surface area contributed by atoms with E-state index in [1.807, 2.05) is 62.4 Å². The summed E-state index contributed by atoms with van der Waals surface area (Å²) in [5, 5.41) is 3.44. The Kier molecular flexibility index (Phi) is 5.49. The van der Waals surface area contributed by atoms with Gasteiger partial charge in [-0.15, -0.1) is 0 Å². The summed E-state index contributed by atoms with van der Waals surface area (Å²) in [5.74, 6) is 0.255. The molecule has 4 rings (SSSR count). The number of nitrogens with zero attached hydrogens (tertiary/aromatic N) is 2. The van der Waals surface area contributed by atoms with Gasteiger partial charge in [0.15, 0.2) is 5.13 Å². The van der Waals surface area contributed by atoms with E-state index in [4.69, 9.17) is 4.74 Å². The lowest BCUT2D eigenvalue weighted by atomic mass is 10.1. The van der Waals surface area contributed by atoms with E-state index in [0.29, 0.717) is 18.3 Å². The van der Waals surface area contributed by atoms with Gasteiger partial charge in [-0.25, -0.2) is 4.98 Å². The maximum Gasteiger partial charge on any atom is 0.231 e. The molecule has 1 saturated heterocycles. The Bertz CT molecular complexity index is 1030. The highest BCUT2D eigenvalue weighted by Crippen LogP contribution is 2.32. The number of likely N-dealkylation sites (tertiary alicyclic amines) is 1. The van der Waals surface area contributed by atoms with Gasteiger partial charge >= 0.3 is 0 Å². The Morgan fingerprint density at radius 3 is 2.86 bits per heavy atom. The maximum absolute atomic E-state index is 12.8. The van der Waals surface area contributed by atoms with Crippen LogP contribution in [-0.2, 0) is 9.59 Å². The van der Waals surface area contributed by atoms with Gasteiger partial charge in [0.1, 0.15) is 5.75 Å². The first-order valence-corrected chi connectivity index (χ1v) is 10.6. The monoisotopic (exact) mass is 409 g/mol. The van der Waals surface area contributed by atoms with E-state index < -0.39 is 0 Å². The number of nitrogens with one attached hydrogen (secondary N) is 1. The fourth-order valence-corrected chi connectivity index (χ4v) is 4.51. The van der Waals surface area contributed by atoms with Crippen molar-refractivity contribution in [1.29, 1.82) is 0 Å². The molecule has 2 atom stereocenters. The molecule has 1 fully saturated rings. The minimum absolute atomic E-state index is 0.00663. The molecule has 2 amide bonds. The van der Waals surface area contributed by atoms with Crippen LogP contribution in [0.4, 0.5) is 5.13 Å². The first-order chi connectivity index (χ1) is 14.0. The Morgan fingerprint density at radius 1 is 1.31 bits per heavy atom. The summed E-state index contributed by atoms with van der Waals surface area (Å²) in [4.78, 5) is 31.5. The van der Waals surface area contributed by atoms with E-state index in [2.05, 4.69) is 10.3 Å². The maximum atomic E-state index is 12.8. The van der Waals surface area contributed by atoms with E-state index in [1.165, 1.54) is 11.3 Å². The highest BCUT2D eigenvalue weighted by Gasteiger charge is 2.37. The highest BCUT2D eigenvalue weighted by atomic mass is 32.1. The van der Waals surface area contributed by atoms with Crippen molar-refractivity contribution in [1.82, 2.24) is 9.88 Å². The molecule has 0 bridgehead atoms. The summed E-state index contributed by atoms with van der Waals surface area (Å²) in [7, 11) is 0. The molecule has 1 N–H and O–H groups in total. The second-order valence-electron chi connectivity index (χ2n) is 7.10. The first kappa shape index (κ1) is 19.4. The minimum Gasteiger partial charge on any atom is -0.494 e. The van der Waals surface area contributed by atoms with Crippen LogP contribution < -0.4 is 10.1 Å². The smallest absolute Gasteiger partial charge is 0.231 e. The summed E-state index contributed by atoms with van der Waals surface area (Å²) in [6.07, 6.45) is 0.225. The third-order valence-corrected chi connectivity index (χ3v) is 6.11. The third-order valence-electron chi connectivity index (χ3n) is 5.18. The number of carbonyl (C=O) groups excluding carboxylic acids is 2. The first-order valence-electron chi connectivity index (χ1n) is 9.74. The molecule has 0 aliphatic carbocycles. The molecule has 1 aliphatic rings. The van der Waals surface area contributed by atoms with Gasteiger partial charge in [0.25, 0.3) is 0 Å². The van der Waals surface area contributed by atoms with E-state index >= 15 is 0 Å². The molecule has 29 heavy (non-hydrogen) atoms. The highest BCUT2D eigenvalue weighted by molar-refractivity contribution is 7.22. The topological polar surface area (TPSA) is 71.5 Å². The van der Waals surface area contributed by atoms with Gasteiger partial charge in [0, 0.05) is 13.0 Å². The Labute approximate surface area is 173 Å². The Hall–Kier alpha value is -2.93. The van der Waals surface area contributed by atoms with Crippen LogP contribution in [0.15, 0.2) is 48.5 Å². The van der Waals surface area contributed by atoms with Crippen LogP contribution >= 0.6 is 11.3 Å². The van der Waals surface area contributed by atoms with Crippen LogP contribution in [-0.4, -0.2) is 34.8 Å². The van der Waals surface area contributed by atoms with Crippen LogP contribution in [0, 0.1) is 5.92 Å². The zero-order chi connectivity index (χ0) is 20.4. The molecule has 2 heterocycles. The molecule has 3 aromatic rings. The number of rotatable bonds is 6. The SMILES string of the molecule is CCOc1ccc2nc(NC(=O)[C@H]3CC(=O)N([C@H](C)c4ccccc4)C3)sc2c1. The van der Waals surface area contributed by atoms with Crippen molar-refractivity contribution in [2.45, 2.75) is 26.3 Å². The van der Waals surface area contributed by atoms with Crippen LogP contribution in [0.3, 0.4) is 0 Å². The van der Waals surface area contributed by atoms with Crippen LogP contribution in [0.25, 0.3) is 10.2 Å². The molecule has 1 aromatic heterocycles. The molecule has 1 aliphatic heterocycles. The number of fused-ring (bicyclic) bond motifs is 1. The van der Waals surface area contributed by atoms with Crippen LogP contribution in [0.5, 0.6) is 5.75 Å². The molecule has 6 nitrogen and oxygen atoms in total. The molecule has 0 unspecified atom stereocenters. The van der Waals surface area contributed by atoms with Crippen molar-refractivity contribution in [2.75, 3.05) is 18.5 Å². The van der Waals surface area contributed by atoms with Gasteiger partial charge < -0.3 is 15.0 Å². The van der Waals surface area contributed by atoms with Gasteiger partial charge in [-0.1, -0.05) is 41.7 Å². The van der Waals surface area contributed by atoms with Gasteiger partial charge in [-0.05, 0) is 37.6 Å². The number of ether oxygens (including phenoxy) is 1. The molecule has 0 spiro atoms. The fraction of sp³-hybridized carbons (Fsp3) is 0.318. The van der Waals surface area contributed by atoms with E-state index in [-0.39, 0.29) is 30.2 Å². The summed E-state index contributed by atoms with van der Waals surface area (Å²) in [5.41, 5.74) is 1.88. The van der Waals surface area contributed by atoms with E-state index in [9.17, 15) is 9.59 Å². The van der Waals surface area contributed by atoms with Gasteiger partial charge in [0.05, 0.1) is 28.8 Å². The van der Waals surface area contributed by atoms with Gasteiger partial charge in [-0.3, -0.25) is 9.59 Å². The normalized spacial score (nSPS) is 17.5. The minimum atomic E-state index is -0.375. The molecule has 2 aromatic carbocycles. The Balaban J connectivity index is 1.44. The molecular formula is C22H23N3O3S. The number of amides is 2. The van der Waals surface area contributed by atoms with Crippen molar-refractivity contribution < 1.29 is 14.3 Å². The number of hydrogen-bond acceptors (Lipinski definition) is 5. The van der Waals surface area contributed by atoms with Crippen molar-refractivity contribution in [3.63, 3.8) is 0 Å². The third kappa shape index (κ3) is 4.10. The quantitative estimate of drug-likeness (QED) is 0.661. The summed E-state index contributed by atoms with van der Waals surface area (Å²) in [6, 6.07) is 15.5. The van der Waals surface area contributed by atoms with Crippen LogP contribution in [0.1, 0.15) is 31.9 Å². The number of thiazole rings is 1. The predicted octanol–water partition coefficient (Wildman–Crippen LogP) is 4.24. The number of hydrogen-bond donors (Lipinski definition) is 1. The van der Waals surface area contributed by atoms with Crippen molar-refractivity contribution in [3.8, 4) is 5.75 Å². The van der Waals surface area contributed by atoms with E-state index in [0.717, 1.165) is 21.5 Å². The van der Waals surface area contributed by atoms with Crippen molar-refractivity contribution in [3.05, 3.63) is 54.1 Å². The lowest BCUT2D eigenvalue weighted by molar-refractivity contribution is -0.129. The molecule has 7 heteroatoms. The molecule has 150 valence electrons. The van der Waals surface area contributed by atoms with Crippen molar-refractivity contribution >= 4 is 38.5 Å². The number of carbonyl (C=O) groups is 2. The second-order valence-corrected chi connectivity index (χ2v) is 8.14. The molecule has 0 saturated carbocycles. The molecule has 0 radical (unpaired) electrons. The predicted molar refractivity (Wildman–Crippen MR) is 114 cm³/mol. The largest absolute Gasteiger partial charge is 0.494 e. The fourth-order valence-electron chi connectivity index (χ4n) is 3.62. The zero-order valence-electron chi connectivity index (χ0n) is 16.4. The lowest BCUT2D eigenvalue weighted by Gasteiger charge is -2.25. The van der Waals surface area contributed by atoms with E-state index in [1.54, 1.807) is 4.90 Å². The number of aromatic nitrogens is 1. The van der Waals surface area contributed by atoms with Gasteiger partial charge in [0.2, 0.25) is 11.8 Å². The summed E-state index contributed by atoms with van der Waals surface area (Å²) < 4.78 is 6.47. The molecular weight excluding hydrogens is 386 g/mol. The second kappa shape index (κ2) is 8.21. The summed E-state index contributed by atoms with van der Waals surface area (Å²) in [6.45, 7) is 4.95. The van der Waals surface area contributed by atoms with Gasteiger partial charge in [-0.2, -0.15) is 0 Å². The average molecular weight is 410 g/mol. The lowest BCUT2D eigenvalue weighted by Crippen LogP contribution is -2.30. The standard InChI is InChI=1S/C22H23N3O3S/c1-3-28-17-9-10-18-19(12-17)29-22(23-18)24-21(27)16-11-20(26)25(13-16)14(2)15-7-5-4-6-8-15/h4-10,12,14,16H,3,11,13H2,1-2H3,(H,23,24,27)/t14-,16+/m1/s1. The number of benzene rings is 2. The summed E-state index contributed by atoms with van der Waals surface area (Å²) >= 11 is 1.41. The average Bonchev–Trinajstić information content (AvgIpc) is 3.31. The van der Waals surface area contributed by atoms with Crippen molar-refractivity contribution in [2.24, 2.45) is 5.92 Å².